The maximum Gasteiger partial charge on any atom is 0.260 e. The van der Waals surface area contributed by atoms with Crippen LogP contribution in [0.25, 0.3) is 0 Å². The lowest BCUT2D eigenvalue weighted by atomic mass is 10.3. The lowest BCUT2D eigenvalue weighted by Crippen LogP contribution is -2.35. The molecule has 0 radical (unpaired) electrons. The Hall–Kier alpha value is -0.980. The van der Waals surface area contributed by atoms with Crippen molar-refractivity contribution in [1.29, 1.82) is 0 Å². The molecule has 0 saturated heterocycles. The third-order valence-electron chi connectivity index (χ3n) is 4.04. The van der Waals surface area contributed by atoms with E-state index in [9.17, 15) is 8.42 Å². The number of nitrogens with zero attached hydrogens (tertiary/aromatic N) is 2. The van der Waals surface area contributed by atoms with Gasteiger partial charge in [0, 0.05) is 25.8 Å². The largest absolute Gasteiger partial charge is 0.313 e. The Balaban J connectivity index is 2.05. The van der Waals surface area contributed by atoms with Crippen molar-refractivity contribution in [3.8, 4) is 0 Å². The maximum absolute atomic E-state index is 12.5. The van der Waals surface area contributed by atoms with Crippen LogP contribution in [0.4, 0.5) is 0 Å². The van der Waals surface area contributed by atoms with Crippen LogP contribution < -0.4 is 5.32 Å². The lowest BCUT2D eigenvalue weighted by molar-refractivity contribution is 0.371. The maximum atomic E-state index is 12.5. The van der Waals surface area contributed by atoms with Crippen molar-refractivity contribution in [3.05, 3.63) is 23.9 Å². The number of rotatable bonds is 7. The second-order valence-electron chi connectivity index (χ2n) is 5.64. The summed E-state index contributed by atoms with van der Waals surface area (Å²) in [7, 11) is -1.79. The van der Waals surface area contributed by atoms with Gasteiger partial charge in [-0.1, -0.05) is 25.8 Å². The van der Waals surface area contributed by atoms with Gasteiger partial charge in [-0.25, -0.2) is 13.4 Å². The molecule has 0 aromatic carbocycles. The van der Waals surface area contributed by atoms with Crippen LogP contribution in [0.1, 0.15) is 44.6 Å². The van der Waals surface area contributed by atoms with Gasteiger partial charge in [-0.3, -0.25) is 0 Å². The van der Waals surface area contributed by atoms with Crippen molar-refractivity contribution in [3.63, 3.8) is 0 Å². The van der Waals surface area contributed by atoms with Crippen LogP contribution in [-0.4, -0.2) is 37.3 Å². The Morgan fingerprint density at radius 1 is 1.33 bits per heavy atom. The molecule has 1 aromatic rings. The van der Waals surface area contributed by atoms with Gasteiger partial charge in [-0.2, -0.15) is 4.31 Å². The summed E-state index contributed by atoms with van der Waals surface area (Å²) >= 11 is 0. The van der Waals surface area contributed by atoms with Crippen molar-refractivity contribution >= 4 is 10.0 Å². The zero-order valence-corrected chi connectivity index (χ0v) is 13.7. The van der Waals surface area contributed by atoms with Crippen LogP contribution in [-0.2, 0) is 16.6 Å². The average Bonchev–Trinajstić information content (AvgIpc) is 3.01. The third kappa shape index (κ3) is 4.02. The van der Waals surface area contributed by atoms with E-state index in [0.717, 1.165) is 50.8 Å². The minimum absolute atomic E-state index is 0.127. The summed E-state index contributed by atoms with van der Waals surface area (Å²) in [4.78, 5) is 4.15. The number of hydrogen-bond acceptors (Lipinski definition) is 4. The minimum atomic E-state index is -3.46. The Morgan fingerprint density at radius 3 is 2.62 bits per heavy atom. The molecule has 0 aliphatic heterocycles. The first-order chi connectivity index (χ1) is 10.1. The number of pyridine rings is 1. The molecule has 21 heavy (non-hydrogen) atoms. The quantitative estimate of drug-likeness (QED) is 0.784. The summed E-state index contributed by atoms with van der Waals surface area (Å²) in [5.41, 5.74) is 1.01. The summed E-state index contributed by atoms with van der Waals surface area (Å²) in [5.74, 6) is 0. The zero-order valence-electron chi connectivity index (χ0n) is 12.9. The highest BCUT2D eigenvalue weighted by Gasteiger charge is 2.30. The molecule has 0 atom stereocenters. The van der Waals surface area contributed by atoms with Gasteiger partial charge in [0.25, 0.3) is 10.0 Å². The predicted molar refractivity (Wildman–Crippen MR) is 83.4 cm³/mol. The van der Waals surface area contributed by atoms with Crippen LogP contribution in [0, 0.1) is 0 Å². The van der Waals surface area contributed by atoms with E-state index in [1.54, 1.807) is 19.3 Å². The highest BCUT2D eigenvalue weighted by molar-refractivity contribution is 7.89. The molecular formula is C15H25N3O2S. The summed E-state index contributed by atoms with van der Waals surface area (Å²) in [6.45, 7) is 3.78. The highest BCUT2D eigenvalue weighted by Crippen LogP contribution is 2.26. The van der Waals surface area contributed by atoms with Gasteiger partial charge in [0.05, 0.1) is 0 Å². The van der Waals surface area contributed by atoms with Crippen LogP contribution >= 0.6 is 0 Å². The highest BCUT2D eigenvalue weighted by atomic mass is 32.2. The smallest absolute Gasteiger partial charge is 0.260 e. The van der Waals surface area contributed by atoms with Gasteiger partial charge in [-0.05, 0) is 37.4 Å². The standard InChI is InChI=1S/C15H25N3O2S/c1-3-10-16-11-13-8-9-15(17-12-13)21(19,20)18(2)14-6-4-5-7-14/h8-9,12,14,16H,3-7,10-11H2,1-2H3. The topological polar surface area (TPSA) is 62.3 Å². The lowest BCUT2D eigenvalue weighted by Gasteiger charge is -2.23. The summed E-state index contributed by atoms with van der Waals surface area (Å²) < 4.78 is 26.6. The Kier molecular flexibility index (Phi) is 5.72. The molecule has 1 aromatic heterocycles. The molecule has 1 aliphatic carbocycles. The first-order valence-electron chi connectivity index (χ1n) is 7.69. The molecule has 0 amide bonds. The van der Waals surface area contributed by atoms with Gasteiger partial charge in [-0.15, -0.1) is 0 Å². The third-order valence-corrected chi connectivity index (χ3v) is 5.86. The first kappa shape index (κ1) is 16.4. The molecule has 1 saturated carbocycles. The van der Waals surface area contributed by atoms with Crippen LogP contribution in [0.2, 0.25) is 0 Å². The number of nitrogens with one attached hydrogen (secondary N) is 1. The Morgan fingerprint density at radius 2 is 2.05 bits per heavy atom. The monoisotopic (exact) mass is 311 g/mol. The van der Waals surface area contributed by atoms with E-state index in [0.29, 0.717) is 0 Å². The predicted octanol–water partition coefficient (Wildman–Crippen LogP) is 2.14. The second kappa shape index (κ2) is 7.33. The summed E-state index contributed by atoms with van der Waals surface area (Å²) in [5, 5.41) is 3.43. The molecule has 5 nitrogen and oxygen atoms in total. The van der Waals surface area contributed by atoms with Crippen molar-refractivity contribution in [2.45, 2.75) is 56.6 Å². The molecule has 0 bridgehead atoms. The van der Waals surface area contributed by atoms with Crippen LogP contribution in [0.5, 0.6) is 0 Å². The van der Waals surface area contributed by atoms with Crippen molar-refractivity contribution < 1.29 is 8.42 Å². The molecule has 1 heterocycles. The average molecular weight is 311 g/mol. The number of hydrogen-bond donors (Lipinski definition) is 1. The first-order valence-corrected chi connectivity index (χ1v) is 9.13. The van der Waals surface area contributed by atoms with E-state index in [1.807, 2.05) is 6.07 Å². The Bertz CT molecular complexity index is 537. The molecular weight excluding hydrogens is 286 g/mol. The molecule has 0 unspecified atom stereocenters. The van der Waals surface area contributed by atoms with Crippen molar-refractivity contribution in [2.24, 2.45) is 0 Å². The van der Waals surface area contributed by atoms with E-state index in [-0.39, 0.29) is 11.1 Å². The van der Waals surface area contributed by atoms with E-state index >= 15 is 0 Å². The van der Waals surface area contributed by atoms with Gasteiger partial charge >= 0.3 is 0 Å². The molecule has 2 rings (SSSR count). The fourth-order valence-electron chi connectivity index (χ4n) is 2.69. The fourth-order valence-corrected chi connectivity index (χ4v) is 4.01. The van der Waals surface area contributed by atoms with Gasteiger partial charge in [0.1, 0.15) is 0 Å². The molecule has 0 spiro atoms. The molecule has 118 valence electrons. The Labute approximate surface area is 127 Å². The summed E-state index contributed by atoms with van der Waals surface area (Å²) in [6, 6.07) is 3.58. The molecule has 1 aliphatic rings. The van der Waals surface area contributed by atoms with Gasteiger partial charge < -0.3 is 5.32 Å². The second-order valence-corrected chi connectivity index (χ2v) is 7.59. The molecule has 6 heteroatoms. The van der Waals surface area contributed by atoms with E-state index < -0.39 is 10.0 Å². The van der Waals surface area contributed by atoms with Gasteiger partial charge in [0.2, 0.25) is 0 Å². The van der Waals surface area contributed by atoms with Crippen molar-refractivity contribution in [2.75, 3.05) is 13.6 Å². The van der Waals surface area contributed by atoms with Gasteiger partial charge in [0.15, 0.2) is 5.03 Å². The normalized spacial score (nSPS) is 16.7. The summed E-state index contributed by atoms with van der Waals surface area (Å²) in [6.07, 6.45) is 6.85. The van der Waals surface area contributed by atoms with E-state index in [4.69, 9.17) is 0 Å². The molecule has 1 fully saturated rings. The fraction of sp³-hybridized carbons (Fsp3) is 0.667. The molecule has 1 N–H and O–H groups in total. The van der Waals surface area contributed by atoms with Crippen LogP contribution in [0.15, 0.2) is 23.4 Å². The SMILES string of the molecule is CCCNCc1ccc(S(=O)(=O)N(C)C2CCCC2)nc1. The number of aromatic nitrogens is 1. The van der Waals surface area contributed by atoms with E-state index in [1.165, 1.54) is 4.31 Å². The number of sulfonamides is 1. The van der Waals surface area contributed by atoms with Crippen molar-refractivity contribution in [1.82, 2.24) is 14.6 Å². The van der Waals surface area contributed by atoms with Crippen LogP contribution in [0.3, 0.4) is 0 Å². The van der Waals surface area contributed by atoms with E-state index in [2.05, 4.69) is 17.2 Å². The minimum Gasteiger partial charge on any atom is -0.313 e. The zero-order chi connectivity index (χ0) is 15.3.